The Bertz CT molecular complexity index is 379. The first-order valence-corrected chi connectivity index (χ1v) is 5.13. The van der Waals surface area contributed by atoms with Gasteiger partial charge in [0.15, 0.2) is 6.20 Å². The van der Waals surface area contributed by atoms with Gasteiger partial charge in [0.25, 0.3) is 0 Å². The fraction of sp³-hybridized carbons (Fsp3) is 0.500. The number of pyridine rings is 1. The van der Waals surface area contributed by atoms with Gasteiger partial charge in [0.2, 0.25) is 0 Å². The molecule has 1 aliphatic rings. The smallest absolute Gasteiger partial charge is 0.363 e. The maximum atomic E-state index is 10.5. The van der Waals surface area contributed by atoms with Gasteiger partial charge in [-0.3, -0.25) is 0 Å². The molecule has 2 heterocycles. The van der Waals surface area contributed by atoms with Crippen LogP contribution in [0.4, 0.5) is 11.5 Å². The standard InChI is InChI=1S/C10H13N3O3/c1-8-7-16-5-4-12(8)9-2-3-10(11-6-9)13(14)15/h2-3,6,8H,4-5,7H2,1H3/t8-/m0/s1. The molecule has 1 atom stereocenters. The zero-order chi connectivity index (χ0) is 11.5. The molecule has 0 radical (unpaired) electrons. The Balaban J connectivity index is 2.17. The molecule has 6 nitrogen and oxygen atoms in total. The Morgan fingerprint density at radius 1 is 1.62 bits per heavy atom. The largest absolute Gasteiger partial charge is 0.377 e. The summed E-state index contributed by atoms with van der Waals surface area (Å²) in [6.07, 6.45) is 1.54. The van der Waals surface area contributed by atoms with Crippen molar-refractivity contribution in [2.24, 2.45) is 0 Å². The highest BCUT2D eigenvalue weighted by Crippen LogP contribution is 2.20. The zero-order valence-corrected chi connectivity index (χ0v) is 9.00. The van der Waals surface area contributed by atoms with Crippen molar-refractivity contribution < 1.29 is 9.66 Å². The van der Waals surface area contributed by atoms with E-state index >= 15 is 0 Å². The van der Waals surface area contributed by atoms with E-state index in [4.69, 9.17) is 4.74 Å². The van der Waals surface area contributed by atoms with E-state index in [1.165, 1.54) is 6.07 Å². The third kappa shape index (κ3) is 2.11. The molecule has 0 unspecified atom stereocenters. The van der Waals surface area contributed by atoms with E-state index in [0.29, 0.717) is 13.2 Å². The van der Waals surface area contributed by atoms with Crippen LogP contribution in [0.3, 0.4) is 0 Å². The maximum Gasteiger partial charge on any atom is 0.363 e. The molecule has 6 heteroatoms. The van der Waals surface area contributed by atoms with Crippen molar-refractivity contribution in [3.8, 4) is 0 Å². The first-order valence-electron chi connectivity index (χ1n) is 5.13. The van der Waals surface area contributed by atoms with Crippen LogP contribution in [0, 0.1) is 10.1 Å². The summed E-state index contributed by atoms with van der Waals surface area (Å²) in [5, 5.41) is 10.5. The van der Waals surface area contributed by atoms with E-state index in [1.807, 2.05) is 0 Å². The number of nitro groups is 1. The lowest BCUT2D eigenvalue weighted by Crippen LogP contribution is -2.43. The molecule has 0 N–H and O–H groups in total. The molecule has 86 valence electrons. The second-order valence-corrected chi connectivity index (χ2v) is 3.75. The predicted molar refractivity (Wildman–Crippen MR) is 58.5 cm³/mol. The van der Waals surface area contributed by atoms with Gasteiger partial charge in [0.05, 0.1) is 18.9 Å². The summed E-state index contributed by atoms with van der Waals surface area (Å²) in [5.41, 5.74) is 0.904. The summed E-state index contributed by atoms with van der Waals surface area (Å²) in [6.45, 7) is 4.21. The molecule has 0 aromatic carbocycles. The van der Waals surface area contributed by atoms with Crippen molar-refractivity contribution >= 4 is 11.5 Å². The summed E-state index contributed by atoms with van der Waals surface area (Å²) in [5.74, 6) is -0.121. The fourth-order valence-corrected chi connectivity index (χ4v) is 1.77. The van der Waals surface area contributed by atoms with E-state index in [1.54, 1.807) is 12.3 Å². The van der Waals surface area contributed by atoms with Gasteiger partial charge in [0, 0.05) is 18.7 Å². The van der Waals surface area contributed by atoms with Gasteiger partial charge in [0.1, 0.15) is 0 Å². The average Bonchev–Trinajstić information content (AvgIpc) is 2.30. The number of ether oxygens (including phenoxy) is 1. The van der Waals surface area contributed by atoms with Crippen molar-refractivity contribution in [1.82, 2.24) is 4.98 Å². The van der Waals surface area contributed by atoms with Crippen molar-refractivity contribution in [3.05, 3.63) is 28.4 Å². The van der Waals surface area contributed by atoms with Gasteiger partial charge in [-0.1, -0.05) is 0 Å². The minimum Gasteiger partial charge on any atom is -0.377 e. The highest BCUT2D eigenvalue weighted by molar-refractivity contribution is 5.47. The molecule has 0 aliphatic carbocycles. The van der Waals surface area contributed by atoms with E-state index in [9.17, 15) is 10.1 Å². The van der Waals surface area contributed by atoms with E-state index in [-0.39, 0.29) is 11.9 Å². The van der Waals surface area contributed by atoms with Gasteiger partial charge in [-0.15, -0.1) is 0 Å². The highest BCUT2D eigenvalue weighted by Gasteiger charge is 2.20. The van der Waals surface area contributed by atoms with E-state index in [2.05, 4.69) is 16.8 Å². The molecular formula is C10H13N3O3. The first kappa shape index (κ1) is 10.8. The average molecular weight is 223 g/mol. The first-order chi connectivity index (χ1) is 7.68. The van der Waals surface area contributed by atoms with Gasteiger partial charge in [-0.05, 0) is 22.9 Å². The molecule has 0 spiro atoms. The summed E-state index contributed by atoms with van der Waals surface area (Å²) in [6, 6.07) is 3.43. The van der Waals surface area contributed by atoms with Gasteiger partial charge >= 0.3 is 5.82 Å². The minimum absolute atomic E-state index is 0.121. The van der Waals surface area contributed by atoms with Gasteiger partial charge in [-0.25, -0.2) is 0 Å². The van der Waals surface area contributed by atoms with Gasteiger partial charge in [-0.2, -0.15) is 0 Å². The van der Waals surface area contributed by atoms with E-state index in [0.717, 1.165) is 12.2 Å². The van der Waals surface area contributed by atoms with Crippen molar-refractivity contribution in [1.29, 1.82) is 0 Å². The number of hydrogen-bond acceptors (Lipinski definition) is 5. The Morgan fingerprint density at radius 3 is 3.00 bits per heavy atom. The normalized spacial score (nSPS) is 20.8. The minimum atomic E-state index is -0.494. The van der Waals surface area contributed by atoms with Gasteiger partial charge < -0.3 is 19.8 Å². The molecule has 1 aromatic heterocycles. The Labute approximate surface area is 93.0 Å². The number of hydrogen-bond donors (Lipinski definition) is 0. The van der Waals surface area contributed by atoms with Crippen molar-refractivity contribution in [2.75, 3.05) is 24.7 Å². The highest BCUT2D eigenvalue weighted by atomic mass is 16.6. The van der Waals surface area contributed by atoms with Crippen LogP contribution in [-0.2, 0) is 4.74 Å². The molecule has 1 saturated heterocycles. The third-order valence-electron chi connectivity index (χ3n) is 2.62. The lowest BCUT2D eigenvalue weighted by Gasteiger charge is -2.34. The molecule has 1 aromatic rings. The summed E-state index contributed by atoms with van der Waals surface area (Å²) in [4.78, 5) is 15.9. The molecule has 16 heavy (non-hydrogen) atoms. The third-order valence-corrected chi connectivity index (χ3v) is 2.62. The second-order valence-electron chi connectivity index (χ2n) is 3.75. The van der Waals surface area contributed by atoms with Crippen LogP contribution in [-0.4, -0.2) is 35.7 Å². The Kier molecular flexibility index (Phi) is 3.00. The van der Waals surface area contributed by atoms with Crippen LogP contribution in [0.25, 0.3) is 0 Å². The van der Waals surface area contributed by atoms with Crippen LogP contribution in [0.5, 0.6) is 0 Å². The molecule has 2 rings (SSSR count). The number of morpholine rings is 1. The van der Waals surface area contributed by atoms with Crippen molar-refractivity contribution in [2.45, 2.75) is 13.0 Å². The lowest BCUT2D eigenvalue weighted by molar-refractivity contribution is -0.389. The molecule has 0 bridgehead atoms. The van der Waals surface area contributed by atoms with Crippen LogP contribution >= 0.6 is 0 Å². The fourth-order valence-electron chi connectivity index (χ4n) is 1.77. The monoisotopic (exact) mass is 223 g/mol. The predicted octanol–water partition coefficient (Wildman–Crippen LogP) is 1.21. The summed E-state index contributed by atoms with van der Waals surface area (Å²) >= 11 is 0. The van der Waals surface area contributed by atoms with Crippen molar-refractivity contribution in [3.63, 3.8) is 0 Å². The Morgan fingerprint density at radius 2 is 2.44 bits per heavy atom. The molecule has 1 aliphatic heterocycles. The van der Waals surface area contributed by atoms with E-state index < -0.39 is 4.92 Å². The number of rotatable bonds is 2. The van der Waals surface area contributed by atoms with Crippen LogP contribution in [0.2, 0.25) is 0 Å². The van der Waals surface area contributed by atoms with Crippen LogP contribution in [0.1, 0.15) is 6.92 Å². The maximum absolute atomic E-state index is 10.5. The quantitative estimate of drug-likeness (QED) is 0.557. The molecule has 0 amide bonds. The molecule has 1 fully saturated rings. The number of nitrogens with zero attached hydrogens (tertiary/aromatic N) is 3. The number of aromatic nitrogens is 1. The Hall–Kier alpha value is -1.69. The number of anilines is 1. The topological polar surface area (TPSA) is 68.5 Å². The summed E-state index contributed by atoms with van der Waals surface area (Å²) < 4.78 is 5.33. The second kappa shape index (κ2) is 4.44. The van der Waals surface area contributed by atoms with Crippen LogP contribution < -0.4 is 4.90 Å². The lowest BCUT2D eigenvalue weighted by atomic mass is 10.2. The summed E-state index contributed by atoms with van der Waals surface area (Å²) in [7, 11) is 0. The van der Waals surface area contributed by atoms with Crippen LogP contribution in [0.15, 0.2) is 18.3 Å². The molecule has 0 saturated carbocycles. The SMILES string of the molecule is C[C@H]1COCCN1c1ccc([N+](=O)[O-])nc1. The zero-order valence-electron chi connectivity index (χ0n) is 9.00. The molecular weight excluding hydrogens is 210 g/mol.